The van der Waals surface area contributed by atoms with Crippen LogP contribution in [0.4, 0.5) is 5.69 Å². The minimum Gasteiger partial charge on any atom is -0.356 e. The van der Waals surface area contributed by atoms with Gasteiger partial charge in [0.1, 0.15) is 5.82 Å². The third-order valence-corrected chi connectivity index (χ3v) is 5.87. The second kappa shape index (κ2) is 10.5. The summed E-state index contributed by atoms with van der Waals surface area (Å²) in [5.74, 6) is 0.332. The van der Waals surface area contributed by atoms with Crippen LogP contribution >= 0.6 is 34.4 Å². The summed E-state index contributed by atoms with van der Waals surface area (Å²) in [4.78, 5) is 34.2. The van der Waals surface area contributed by atoms with Gasteiger partial charge >= 0.3 is 0 Å². The van der Waals surface area contributed by atoms with Gasteiger partial charge in [-0.25, -0.2) is 0 Å². The maximum absolute atomic E-state index is 12.6. The summed E-state index contributed by atoms with van der Waals surface area (Å²) >= 11 is 3.42. The fourth-order valence-corrected chi connectivity index (χ4v) is 3.99. The zero-order chi connectivity index (χ0) is 22.4. The van der Waals surface area contributed by atoms with Gasteiger partial charge in [0, 0.05) is 46.8 Å². The van der Waals surface area contributed by atoms with Crippen molar-refractivity contribution in [3.8, 4) is 5.69 Å². The summed E-state index contributed by atoms with van der Waals surface area (Å²) in [6.45, 7) is 1.86. The van der Waals surface area contributed by atoms with Crippen molar-refractivity contribution < 1.29 is 14.5 Å². The van der Waals surface area contributed by atoms with Gasteiger partial charge in [0.05, 0.1) is 10.7 Å². The summed E-state index contributed by atoms with van der Waals surface area (Å²) < 4.78 is 2.92. The van der Waals surface area contributed by atoms with E-state index in [0.29, 0.717) is 23.9 Å². The first-order valence-corrected chi connectivity index (χ1v) is 11.3. The molecular weight excluding hydrogens is 533 g/mol. The third-order valence-electron chi connectivity index (χ3n) is 4.22. The summed E-state index contributed by atoms with van der Waals surface area (Å²) in [7, 11) is 0. The molecule has 0 saturated heterocycles. The molecule has 0 atom stereocenters. The number of carbonyl (C=O) groups is 2. The summed E-state index contributed by atoms with van der Waals surface area (Å²) in [5.41, 5.74) is 0.986. The molecule has 3 aromatic rings. The lowest BCUT2D eigenvalue weighted by Crippen LogP contribution is -2.23. The average molecular weight is 551 g/mol. The topological polar surface area (TPSA) is 120 Å². The van der Waals surface area contributed by atoms with Crippen molar-refractivity contribution in [3.63, 3.8) is 0 Å². The normalized spacial score (nSPS) is 10.6. The number of amides is 1. The highest BCUT2D eigenvalue weighted by Crippen LogP contribution is 2.24. The Balaban J connectivity index is 1.81. The minimum absolute atomic E-state index is 0.0510. The summed E-state index contributed by atoms with van der Waals surface area (Å²) in [6, 6.07) is 13.4. The first kappa shape index (κ1) is 22.9. The molecule has 31 heavy (non-hydrogen) atoms. The van der Waals surface area contributed by atoms with Gasteiger partial charge in [-0.1, -0.05) is 23.9 Å². The number of aromatic nitrogens is 3. The van der Waals surface area contributed by atoms with Gasteiger partial charge in [-0.15, -0.1) is 10.2 Å². The molecule has 9 nitrogen and oxygen atoms in total. The van der Waals surface area contributed by atoms with Crippen molar-refractivity contribution in [2.45, 2.75) is 18.5 Å². The molecule has 0 aliphatic carbocycles. The Morgan fingerprint density at radius 1 is 1.19 bits per heavy atom. The summed E-state index contributed by atoms with van der Waals surface area (Å²) in [6.07, 6.45) is 0.470. The number of hydrogen-bond donors (Lipinski definition) is 1. The number of ketones is 1. The maximum Gasteiger partial charge on any atom is 0.270 e. The molecule has 3 rings (SSSR count). The smallest absolute Gasteiger partial charge is 0.270 e. The molecule has 1 aromatic heterocycles. The number of halogens is 1. The van der Waals surface area contributed by atoms with E-state index >= 15 is 0 Å². The molecule has 0 unspecified atom stereocenters. The lowest BCUT2D eigenvalue weighted by molar-refractivity contribution is -0.384. The number of non-ortho nitro benzene ring substituents is 1. The van der Waals surface area contributed by atoms with E-state index in [1.807, 2.05) is 28.8 Å². The van der Waals surface area contributed by atoms with Gasteiger partial charge in [-0.05, 0) is 46.9 Å². The van der Waals surface area contributed by atoms with Crippen LogP contribution in [0, 0.1) is 13.7 Å². The predicted molar refractivity (Wildman–Crippen MR) is 125 cm³/mol. The Kier molecular flexibility index (Phi) is 7.74. The SMILES string of the molecule is CC(=O)NCCc1nnc(SCC(=O)c2cccc([N+](=O)[O-])c2)n1-c1ccc(I)cc1. The molecule has 0 aliphatic rings. The lowest BCUT2D eigenvalue weighted by Gasteiger charge is -2.10. The predicted octanol–water partition coefficient (Wildman–Crippen LogP) is 3.43. The highest BCUT2D eigenvalue weighted by molar-refractivity contribution is 14.1. The molecule has 1 amide bonds. The van der Waals surface area contributed by atoms with Crippen LogP contribution in [0.3, 0.4) is 0 Å². The van der Waals surface area contributed by atoms with Gasteiger partial charge in [0.15, 0.2) is 10.9 Å². The first-order chi connectivity index (χ1) is 14.8. The molecule has 0 bridgehead atoms. The lowest BCUT2D eigenvalue weighted by atomic mass is 10.1. The summed E-state index contributed by atoms with van der Waals surface area (Å²) in [5, 5.41) is 22.7. The number of nitrogens with one attached hydrogen (secondary N) is 1. The van der Waals surface area contributed by atoms with Gasteiger partial charge in [-0.2, -0.15) is 0 Å². The molecule has 1 heterocycles. The van der Waals surface area contributed by atoms with Crippen molar-refractivity contribution in [1.29, 1.82) is 0 Å². The standard InChI is InChI=1S/C20H18IN5O4S/c1-13(27)22-10-9-19-23-24-20(25(19)16-7-5-15(21)6-8-16)31-12-18(28)14-3-2-4-17(11-14)26(29)30/h2-8,11H,9-10,12H2,1H3,(H,22,27). The van der Waals surface area contributed by atoms with Crippen LogP contribution in [0.15, 0.2) is 53.7 Å². The Bertz CT molecular complexity index is 1120. The van der Waals surface area contributed by atoms with E-state index in [1.54, 1.807) is 6.07 Å². The fourth-order valence-electron chi connectivity index (χ4n) is 2.76. The fraction of sp³-hybridized carbons (Fsp3) is 0.200. The van der Waals surface area contributed by atoms with Crippen LogP contribution in [0.1, 0.15) is 23.1 Å². The molecule has 2 aromatic carbocycles. The molecule has 0 saturated carbocycles. The van der Waals surface area contributed by atoms with Crippen molar-refractivity contribution in [2.24, 2.45) is 0 Å². The highest BCUT2D eigenvalue weighted by atomic mass is 127. The molecular formula is C20H18IN5O4S. The number of thioether (sulfide) groups is 1. The van der Waals surface area contributed by atoms with E-state index < -0.39 is 4.92 Å². The quantitative estimate of drug-likeness (QED) is 0.142. The van der Waals surface area contributed by atoms with Crippen LogP contribution in [0.2, 0.25) is 0 Å². The maximum atomic E-state index is 12.6. The zero-order valence-corrected chi connectivity index (χ0v) is 19.4. The second-order valence-corrected chi connectivity index (χ2v) is 8.65. The van der Waals surface area contributed by atoms with E-state index in [1.165, 1.54) is 36.9 Å². The van der Waals surface area contributed by atoms with Gasteiger partial charge in [0.25, 0.3) is 5.69 Å². The number of benzene rings is 2. The van der Waals surface area contributed by atoms with Crippen LogP contribution in [0.5, 0.6) is 0 Å². The number of nitro groups is 1. The zero-order valence-electron chi connectivity index (χ0n) is 16.4. The van der Waals surface area contributed by atoms with Gasteiger partial charge in [-0.3, -0.25) is 24.3 Å². The van der Waals surface area contributed by atoms with Crippen LogP contribution < -0.4 is 5.32 Å². The number of nitrogens with zero attached hydrogens (tertiary/aromatic N) is 4. The van der Waals surface area contributed by atoms with E-state index in [4.69, 9.17) is 0 Å². The van der Waals surface area contributed by atoms with E-state index in [0.717, 1.165) is 9.26 Å². The number of carbonyl (C=O) groups excluding carboxylic acids is 2. The monoisotopic (exact) mass is 551 g/mol. The molecule has 0 fully saturated rings. The first-order valence-electron chi connectivity index (χ1n) is 9.20. The Morgan fingerprint density at radius 2 is 1.94 bits per heavy atom. The minimum atomic E-state index is -0.529. The Labute approximate surface area is 195 Å². The van der Waals surface area contributed by atoms with Crippen LogP contribution in [0.25, 0.3) is 5.69 Å². The molecule has 0 spiro atoms. The van der Waals surface area contributed by atoms with Gasteiger partial charge < -0.3 is 5.32 Å². The Morgan fingerprint density at radius 3 is 2.61 bits per heavy atom. The molecule has 11 heteroatoms. The number of nitro benzene ring substituents is 1. The molecule has 0 aliphatic heterocycles. The van der Waals surface area contributed by atoms with Crippen molar-refractivity contribution in [3.05, 3.63) is 73.6 Å². The molecule has 160 valence electrons. The van der Waals surface area contributed by atoms with Crippen LogP contribution in [-0.4, -0.2) is 43.7 Å². The molecule has 1 N–H and O–H groups in total. The van der Waals surface area contributed by atoms with Crippen molar-refractivity contribution in [2.75, 3.05) is 12.3 Å². The highest BCUT2D eigenvalue weighted by Gasteiger charge is 2.17. The number of Topliss-reactive ketones (excluding diaryl/α,β-unsaturated/α-hetero) is 1. The van der Waals surface area contributed by atoms with Gasteiger partial charge in [0.2, 0.25) is 5.91 Å². The second-order valence-electron chi connectivity index (χ2n) is 6.46. The molecule has 0 radical (unpaired) electrons. The van der Waals surface area contributed by atoms with E-state index in [9.17, 15) is 19.7 Å². The third kappa shape index (κ3) is 6.10. The van der Waals surface area contributed by atoms with E-state index in [2.05, 4.69) is 38.1 Å². The average Bonchev–Trinajstić information content (AvgIpc) is 3.15. The van der Waals surface area contributed by atoms with Crippen molar-refractivity contribution >= 4 is 51.7 Å². The van der Waals surface area contributed by atoms with Crippen molar-refractivity contribution in [1.82, 2.24) is 20.1 Å². The largest absolute Gasteiger partial charge is 0.356 e. The number of hydrogen-bond acceptors (Lipinski definition) is 7. The Hall–Kier alpha value is -2.80. The van der Waals surface area contributed by atoms with Crippen LogP contribution in [-0.2, 0) is 11.2 Å². The number of rotatable bonds is 9. The van der Waals surface area contributed by atoms with E-state index in [-0.39, 0.29) is 28.7 Å².